The second-order valence-corrected chi connectivity index (χ2v) is 6.46. The molecule has 142 valence electrons. The lowest BCUT2D eigenvalue weighted by Crippen LogP contribution is -2.30. The van der Waals surface area contributed by atoms with Crippen molar-refractivity contribution in [1.82, 2.24) is 5.32 Å². The fourth-order valence-corrected chi connectivity index (χ4v) is 2.79. The minimum absolute atomic E-state index is 0.0584. The molecule has 27 heavy (non-hydrogen) atoms. The highest BCUT2D eigenvalue weighted by atomic mass is 35.5. The van der Waals surface area contributed by atoms with E-state index in [1.165, 1.54) is 6.07 Å². The van der Waals surface area contributed by atoms with Gasteiger partial charge in [0.2, 0.25) is 5.91 Å². The highest BCUT2D eigenvalue weighted by Gasteiger charge is 2.34. The second-order valence-electron chi connectivity index (χ2n) is 6.03. The number of carbonyl (C=O) groups is 1. The van der Waals surface area contributed by atoms with Gasteiger partial charge in [0.25, 0.3) is 0 Å². The largest absolute Gasteiger partial charge is 0.459 e. The summed E-state index contributed by atoms with van der Waals surface area (Å²) in [6.07, 6.45) is -4.62. The molecule has 0 saturated carbocycles. The predicted octanol–water partition coefficient (Wildman–Crippen LogP) is 5.39. The first-order valence-electron chi connectivity index (χ1n) is 8.12. The number of hydrogen-bond donors (Lipinski definition) is 2. The fraction of sp³-hybridized carbons (Fsp3) is 0.211. The Morgan fingerprint density at radius 3 is 2.63 bits per heavy atom. The smallest absolute Gasteiger partial charge is 0.418 e. The molecule has 4 nitrogen and oxygen atoms in total. The number of hydrogen-bond acceptors (Lipinski definition) is 3. The van der Waals surface area contributed by atoms with Gasteiger partial charge < -0.3 is 9.73 Å². The van der Waals surface area contributed by atoms with Crippen LogP contribution in [0.1, 0.15) is 24.3 Å². The first kappa shape index (κ1) is 19.3. The highest BCUT2D eigenvalue weighted by molar-refractivity contribution is 6.30. The van der Waals surface area contributed by atoms with E-state index in [1.54, 1.807) is 6.92 Å². The average molecular weight is 397 g/mol. The van der Waals surface area contributed by atoms with E-state index in [4.69, 9.17) is 16.0 Å². The molecular weight excluding hydrogens is 381 g/mol. The molecule has 0 bridgehead atoms. The van der Waals surface area contributed by atoms with Gasteiger partial charge in [0.15, 0.2) is 0 Å². The molecule has 0 saturated heterocycles. The highest BCUT2D eigenvalue weighted by Crippen LogP contribution is 2.36. The summed E-state index contributed by atoms with van der Waals surface area (Å²) in [5.41, 5.74) is -0.606. The van der Waals surface area contributed by atoms with Gasteiger partial charge in [-0.3, -0.25) is 10.1 Å². The molecule has 2 N–H and O–H groups in total. The fourth-order valence-electron chi connectivity index (χ4n) is 2.62. The Morgan fingerprint density at radius 1 is 1.19 bits per heavy atom. The van der Waals surface area contributed by atoms with Crippen LogP contribution in [0.3, 0.4) is 0 Å². The maximum absolute atomic E-state index is 13.1. The van der Waals surface area contributed by atoms with E-state index in [9.17, 15) is 18.0 Å². The summed E-state index contributed by atoms with van der Waals surface area (Å²) in [5, 5.41) is 6.08. The summed E-state index contributed by atoms with van der Waals surface area (Å²) in [6, 6.07) is 12.2. The topological polar surface area (TPSA) is 54.3 Å². The maximum atomic E-state index is 13.1. The Labute approximate surface area is 158 Å². The number of halogens is 4. The van der Waals surface area contributed by atoms with Crippen LogP contribution in [0.25, 0.3) is 11.0 Å². The van der Waals surface area contributed by atoms with Gasteiger partial charge in [0.1, 0.15) is 11.3 Å². The van der Waals surface area contributed by atoms with Gasteiger partial charge in [-0.15, -0.1) is 0 Å². The number of benzene rings is 2. The van der Waals surface area contributed by atoms with Crippen molar-refractivity contribution < 1.29 is 22.4 Å². The summed E-state index contributed by atoms with van der Waals surface area (Å²) in [4.78, 5) is 12.1. The summed E-state index contributed by atoms with van der Waals surface area (Å²) in [7, 11) is 0. The lowest BCUT2D eigenvalue weighted by Gasteiger charge is -2.15. The monoisotopic (exact) mass is 396 g/mol. The standard InChI is InChI=1S/C19H16ClF3N2O2/c1-11(17-8-12-4-2-3-5-16(12)27-17)24-10-18(26)25-15-7-6-13(20)9-14(15)19(21,22)23/h2-9,11,24H,10H2,1H3,(H,25,26). The molecule has 8 heteroatoms. The summed E-state index contributed by atoms with van der Waals surface area (Å²) in [5.74, 6) is 0.0252. The number of amides is 1. The second kappa shape index (κ2) is 7.62. The van der Waals surface area contributed by atoms with E-state index < -0.39 is 17.6 Å². The Bertz CT molecular complexity index is 936. The van der Waals surface area contributed by atoms with E-state index in [0.717, 1.165) is 23.1 Å². The third-order valence-electron chi connectivity index (χ3n) is 4.00. The van der Waals surface area contributed by atoms with Crippen molar-refractivity contribution in [2.75, 3.05) is 11.9 Å². The van der Waals surface area contributed by atoms with Gasteiger partial charge in [0.05, 0.1) is 23.8 Å². The molecule has 0 aliphatic carbocycles. The molecule has 3 rings (SSSR count). The molecule has 0 fully saturated rings. The molecule has 1 heterocycles. The number of nitrogens with one attached hydrogen (secondary N) is 2. The van der Waals surface area contributed by atoms with Gasteiger partial charge >= 0.3 is 6.18 Å². The van der Waals surface area contributed by atoms with Crippen LogP contribution >= 0.6 is 11.6 Å². The lowest BCUT2D eigenvalue weighted by atomic mass is 10.1. The maximum Gasteiger partial charge on any atom is 0.418 e. The number of anilines is 1. The SMILES string of the molecule is CC(NCC(=O)Nc1ccc(Cl)cc1C(F)(F)F)c1cc2ccccc2o1. The van der Waals surface area contributed by atoms with E-state index in [-0.39, 0.29) is 23.3 Å². The van der Waals surface area contributed by atoms with Crippen LogP contribution in [0.5, 0.6) is 0 Å². The Balaban J connectivity index is 1.64. The molecule has 2 aromatic carbocycles. The van der Waals surface area contributed by atoms with E-state index in [2.05, 4.69) is 10.6 Å². The zero-order valence-electron chi connectivity index (χ0n) is 14.2. The van der Waals surface area contributed by atoms with Crippen LogP contribution in [0.15, 0.2) is 52.9 Å². The number of para-hydroxylation sites is 1. The van der Waals surface area contributed by atoms with Crippen LogP contribution in [0.4, 0.5) is 18.9 Å². The van der Waals surface area contributed by atoms with Crippen LogP contribution in [0, 0.1) is 0 Å². The van der Waals surface area contributed by atoms with Crippen molar-refractivity contribution in [2.24, 2.45) is 0 Å². The first-order valence-corrected chi connectivity index (χ1v) is 8.50. The first-order chi connectivity index (χ1) is 12.7. The van der Waals surface area contributed by atoms with E-state index in [0.29, 0.717) is 5.76 Å². The van der Waals surface area contributed by atoms with Crippen molar-refractivity contribution in [3.8, 4) is 0 Å². The summed E-state index contributed by atoms with van der Waals surface area (Å²) < 4.78 is 44.9. The Kier molecular flexibility index (Phi) is 5.43. The molecule has 1 atom stereocenters. The molecule has 0 aliphatic rings. The zero-order chi connectivity index (χ0) is 19.6. The van der Waals surface area contributed by atoms with Gasteiger partial charge in [0, 0.05) is 10.4 Å². The molecule has 3 aromatic rings. The van der Waals surface area contributed by atoms with E-state index >= 15 is 0 Å². The Morgan fingerprint density at radius 2 is 1.93 bits per heavy atom. The minimum Gasteiger partial charge on any atom is -0.459 e. The van der Waals surface area contributed by atoms with Crippen LogP contribution in [-0.4, -0.2) is 12.5 Å². The van der Waals surface area contributed by atoms with Crippen LogP contribution in [-0.2, 0) is 11.0 Å². The number of furan rings is 1. The third-order valence-corrected chi connectivity index (χ3v) is 4.24. The van der Waals surface area contributed by atoms with E-state index in [1.807, 2.05) is 30.3 Å². The third kappa shape index (κ3) is 4.61. The number of carbonyl (C=O) groups excluding carboxylic acids is 1. The number of alkyl halides is 3. The number of fused-ring (bicyclic) bond motifs is 1. The van der Waals surface area contributed by atoms with Gasteiger partial charge in [-0.25, -0.2) is 0 Å². The average Bonchev–Trinajstić information content (AvgIpc) is 3.04. The Hall–Kier alpha value is -2.51. The number of rotatable bonds is 5. The van der Waals surface area contributed by atoms with Crippen molar-refractivity contribution in [3.05, 3.63) is 64.9 Å². The summed E-state index contributed by atoms with van der Waals surface area (Å²) in [6.45, 7) is 1.62. The molecular formula is C19H16ClF3N2O2. The van der Waals surface area contributed by atoms with Gasteiger partial charge in [-0.05, 0) is 37.3 Å². The predicted molar refractivity (Wildman–Crippen MR) is 97.7 cm³/mol. The van der Waals surface area contributed by atoms with Crippen molar-refractivity contribution in [1.29, 1.82) is 0 Å². The molecule has 0 spiro atoms. The van der Waals surface area contributed by atoms with Crippen molar-refractivity contribution in [3.63, 3.8) is 0 Å². The molecule has 0 radical (unpaired) electrons. The van der Waals surface area contributed by atoms with Crippen LogP contribution < -0.4 is 10.6 Å². The molecule has 1 unspecified atom stereocenters. The van der Waals surface area contributed by atoms with Crippen molar-refractivity contribution >= 4 is 34.2 Å². The van der Waals surface area contributed by atoms with Crippen molar-refractivity contribution in [2.45, 2.75) is 19.1 Å². The zero-order valence-corrected chi connectivity index (χ0v) is 15.0. The molecule has 1 aromatic heterocycles. The van der Waals surface area contributed by atoms with Crippen LogP contribution in [0.2, 0.25) is 5.02 Å². The quantitative estimate of drug-likeness (QED) is 0.607. The minimum atomic E-state index is -4.62. The van der Waals surface area contributed by atoms with Gasteiger partial charge in [-0.2, -0.15) is 13.2 Å². The molecule has 1 amide bonds. The van der Waals surface area contributed by atoms with Gasteiger partial charge in [-0.1, -0.05) is 29.8 Å². The summed E-state index contributed by atoms with van der Waals surface area (Å²) >= 11 is 5.63. The lowest BCUT2D eigenvalue weighted by molar-refractivity contribution is -0.137. The molecule has 0 aliphatic heterocycles. The normalized spacial score (nSPS) is 12.9.